The van der Waals surface area contributed by atoms with Crippen LogP contribution >= 0.6 is 11.8 Å². The summed E-state index contributed by atoms with van der Waals surface area (Å²) in [4.78, 5) is 60.8. The molecule has 1 heterocycles. The molecule has 31 heavy (non-hydrogen) atoms. The largest absolute Gasteiger partial charge is 0.497 e. The van der Waals surface area contributed by atoms with E-state index in [1.165, 1.54) is 13.2 Å². The number of ether oxygens (including phenoxy) is 1. The van der Waals surface area contributed by atoms with E-state index < -0.39 is 34.2 Å². The molecular weight excluding hydrogens is 428 g/mol. The van der Waals surface area contributed by atoms with E-state index in [1.54, 1.807) is 18.2 Å². The molecule has 3 rings (SSSR count). The second-order valence-corrected chi connectivity index (χ2v) is 7.56. The molecule has 11 heteroatoms. The van der Waals surface area contributed by atoms with Crippen LogP contribution in [0.1, 0.15) is 27.1 Å². The lowest BCUT2D eigenvalue weighted by Gasteiger charge is -2.15. The number of amides is 3. The number of aromatic carboxylic acids is 2. The molecule has 2 aromatic carbocycles. The Kier molecular flexibility index (Phi) is 6.25. The number of thioether (sulfide) groups is 1. The van der Waals surface area contributed by atoms with Crippen LogP contribution < -0.4 is 15.0 Å². The lowest BCUT2D eigenvalue weighted by atomic mass is 10.1. The third kappa shape index (κ3) is 4.83. The molecule has 10 nitrogen and oxygen atoms in total. The van der Waals surface area contributed by atoms with E-state index in [-0.39, 0.29) is 23.2 Å². The number of benzene rings is 2. The highest BCUT2D eigenvalue weighted by atomic mass is 32.2. The smallest absolute Gasteiger partial charge is 0.335 e. The quantitative estimate of drug-likeness (QED) is 0.585. The Morgan fingerprint density at radius 1 is 1.06 bits per heavy atom. The number of anilines is 2. The van der Waals surface area contributed by atoms with Crippen molar-refractivity contribution in [3.63, 3.8) is 0 Å². The van der Waals surface area contributed by atoms with Crippen LogP contribution in [0.25, 0.3) is 0 Å². The summed E-state index contributed by atoms with van der Waals surface area (Å²) in [5.74, 6) is -3.52. The maximum absolute atomic E-state index is 12.7. The number of carboxylic acids is 2. The first-order valence-electron chi connectivity index (χ1n) is 8.79. The number of nitrogens with zero attached hydrogens (tertiary/aromatic N) is 1. The Balaban J connectivity index is 1.74. The Labute approximate surface area is 179 Å². The normalized spacial score (nSPS) is 15.6. The van der Waals surface area contributed by atoms with Crippen LogP contribution in [0, 0.1) is 0 Å². The summed E-state index contributed by atoms with van der Waals surface area (Å²) in [6, 6.07) is 9.52. The average Bonchev–Trinajstić information content (AvgIpc) is 3.00. The maximum Gasteiger partial charge on any atom is 0.335 e. The fraction of sp³-hybridized carbons (Fsp3) is 0.150. The van der Waals surface area contributed by atoms with Crippen LogP contribution in [0.15, 0.2) is 42.5 Å². The molecule has 1 unspecified atom stereocenters. The molecule has 0 saturated carbocycles. The van der Waals surface area contributed by atoms with Gasteiger partial charge in [-0.05, 0) is 42.1 Å². The Hall–Kier alpha value is -3.86. The monoisotopic (exact) mass is 444 g/mol. The van der Waals surface area contributed by atoms with Gasteiger partial charge in [0.25, 0.3) is 5.24 Å². The molecule has 2 aromatic rings. The maximum atomic E-state index is 12.7. The number of carbonyl (C=O) groups is 5. The third-order valence-corrected chi connectivity index (χ3v) is 5.35. The zero-order valence-electron chi connectivity index (χ0n) is 16.0. The number of hydrogen-bond acceptors (Lipinski definition) is 7. The number of hydrogen-bond donors (Lipinski definition) is 3. The van der Waals surface area contributed by atoms with Crippen molar-refractivity contribution in [1.82, 2.24) is 0 Å². The highest BCUT2D eigenvalue weighted by Crippen LogP contribution is 2.34. The zero-order chi connectivity index (χ0) is 22.7. The molecule has 0 aliphatic carbocycles. The van der Waals surface area contributed by atoms with E-state index in [0.717, 1.165) is 23.1 Å². The van der Waals surface area contributed by atoms with Crippen LogP contribution in [-0.2, 0) is 9.59 Å². The van der Waals surface area contributed by atoms with E-state index >= 15 is 0 Å². The first-order chi connectivity index (χ1) is 14.7. The number of imide groups is 1. The Morgan fingerprint density at radius 3 is 2.29 bits per heavy atom. The van der Waals surface area contributed by atoms with Gasteiger partial charge in [0.2, 0.25) is 11.8 Å². The van der Waals surface area contributed by atoms with Crippen molar-refractivity contribution < 1.29 is 38.9 Å². The molecule has 160 valence electrons. The standard InChI is InChI=1S/C20H16N2O8S/c1-30-14-4-2-3-13(8-14)22-17(24)15(31-20(22)29)9-16(23)21-12-6-10(18(25)26)5-11(7-12)19(27)28/h2-8,15H,9H2,1H3,(H,21,23)(H,25,26)(H,27,28). The summed E-state index contributed by atoms with van der Waals surface area (Å²) >= 11 is 0.693. The minimum absolute atomic E-state index is 0.0475. The van der Waals surface area contributed by atoms with Crippen molar-refractivity contribution in [2.24, 2.45) is 0 Å². The fourth-order valence-electron chi connectivity index (χ4n) is 2.90. The van der Waals surface area contributed by atoms with Gasteiger partial charge in [-0.15, -0.1) is 0 Å². The van der Waals surface area contributed by atoms with Gasteiger partial charge in [-0.3, -0.25) is 14.4 Å². The summed E-state index contributed by atoms with van der Waals surface area (Å²) in [5, 5.41) is 19.1. The number of nitrogens with one attached hydrogen (secondary N) is 1. The predicted octanol–water partition coefficient (Wildman–Crippen LogP) is 2.69. The van der Waals surface area contributed by atoms with Gasteiger partial charge in [0, 0.05) is 18.2 Å². The van der Waals surface area contributed by atoms with Crippen LogP contribution in [0.2, 0.25) is 0 Å². The second kappa shape index (κ2) is 8.88. The topological polar surface area (TPSA) is 150 Å². The van der Waals surface area contributed by atoms with Crippen LogP contribution in [0.5, 0.6) is 5.75 Å². The highest BCUT2D eigenvalue weighted by Gasteiger charge is 2.41. The zero-order valence-corrected chi connectivity index (χ0v) is 16.8. The molecule has 1 aliphatic heterocycles. The van der Waals surface area contributed by atoms with Crippen LogP contribution in [0.4, 0.5) is 16.2 Å². The summed E-state index contributed by atoms with van der Waals surface area (Å²) < 4.78 is 5.09. The average molecular weight is 444 g/mol. The minimum atomic E-state index is -1.36. The van der Waals surface area contributed by atoms with Gasteiger partial charge in [-0.1, -0.05) is 6.07 Å². The molecule has 1 saturated heterocycles. The molecule has 0 bridgehead atoms. The van der Waals surface area contributed by atoms with Crippen molar-refractivity contribution in [2.75, 3.05) is 17.3 Å². The Morgan fingerprint density at radius 2 is 1.71 bits per heavy atom. The molecule has 1 atom stereocenters. The summed E-state index contributed by atoms with van der Waals surface area (Å²) in [6.07, 6.45) is -0.366. The SMILES string of the molecule is COc1cccc(N2C(=O)SC(CC(=O)Nc3cc(C(=O)O)cc(C(=O)O)c3)C2=O)c1. The predicted molar refractivity (Wildman–Crippen MR) is 111 cm³/mol. The van der Waals surface area contributed by atoms with Gasteiger partial charge < -0.3 is 20.3 Å². The van der Waals surface area contributed by atoms with E-state index in [9.17, 15) is 24.0 Å². The summed E-state index contributed by atoms with van der Waals surface area (Å²) in [5.41, 5.74) is -0.375. The fourth-order valence-corrected chi connectivity index (χ4v) is 3.88. The number of rotatable bonds is 7. The van der Waals surface area contributed by atoms with Crippen LogP contribution in [-0.4, -0.2) is 51.6 Å². The van der Waals surface area contributed by atoms with E-state index in [4.69, 9.17) is 14.9 Å². The lowest BCUT2D eigenvalue weighted by molar-refractivity contribution is -0.121. The van der Waals surface area contributed by atoms with Gasteiger partial charge >= 0.3 is 11.9 Å². The van der Waals surface area contributed by atoms with Gasteiger partial charge in [0.15, 0.2) is 0 Å². The lowest BCUT2D eigenvalue weighted by Crippen LogP contribution is -2.33. The molecule has 3 amide bonds. The summed E-state index contributed by atoms with van der Waals surface area (Å²) in [6.45, 7) is 0. The van der Waals surface area contributed by atoms with Crippen molar-refractivity contribution in [1.29, 1.82) is 0 Å². The van der Waals surface area contributed by atoms with Crippen molar-refractivity contribution in [2.45, 2.75) is 11.7 Å². The minimum Gasteiger partial charge on any atom is -0.497 e. The van der Waals surface area contributed by atoms with Gasteiger partial charge in [0.05, 0.1) is 23.9 Å². The molecule has 1 aliphatic rings. The number of carboxylic acid groups (broad SMARTS) is 2. The molecule has 0 spiro atoms. The molecule has 0 aromatic heterocycles. The molecular formula is C20H16N2O8S. The van der Waals surface area contributed by atoms with Gasteiger partial charge in [0.1, 0.15) is 11.0 Å². The van der Waals surface area contributed by atoms with Crippen molar-refractivity contribution >= 4 is 52.1 Å². The highest BCUT2D eigenvalue weighted by molar-refractivity contribution is 8.15. The van der Waals surface area contributed by atoms with Gasteiger partial charge in [-0.2, -0.15) is 0 Å². The van der Waals surface area contributed by atoms with E-state index in [2.05, 4.69) is 5.32 Å². The number of carbonyl (C=O) groups excluding carboxylic acids is 3. The molecule has 0 radical (unpaired) electrons. The molecule has 1 fully saturated rings. The third-order valence-electron chi connectivity index (χ3n) is 4.31. The first-order valence-corrected chi connectivity index (χ1v) is 9.67. The van der Waals surface area contributed by atoms with E-state index in [1.807, 2.05) is 0 Å². The van der Waals surface area contributed by atoms with E-state index in [0.29, 0.717) is 23.2 Å². The van der Waals surface area contributed by atoms with Crippen molar-refractivity contribution in [3.8, 4) is 5.75 Å². The van der Waals surface area contributed by atoms with Crippen molar-refractivity contribution in [3.05, 3.63) is 53.6 Å². The second-order valence-electron chi connectivity index (χ2n) is 6.41. The first kappa shape index (κ1) is 21.8. The summed E-state index contributed by atoms with van der Waals surface area (Å²) in [7, 11) is 1.45. The molecule has 3 N–H and O–H groups in total. The van der Waals surface area contributed by atoms with Crippen LogP contribution in [0.3, 0.4) is 0 Å². The van der Waals surface area contributed by atoms with Gasteiger partial charge in [-0.25, -0.2) is 14.5 Å². The Bertz CT molecular complexity index is 1070. The number of methoxy groups -OCH3 is 1.